The normalized spacial score (nSPS) is 12.4. The van der Waals surface area contributed by atoms with Gasteiger partial charge in [-0.1, -0.05) is 13.8 Å². The molecule has 0 rings (SSSR count). The van der Waals surface area contributed by atoms with E-state index in [2.05, 4.69) is 20.1 Å². The Kier molecular flexibility index (Phi) is 8.21. The van der Waals surface area contributed by atoms with Crippen molar-refractivity contribution in [2.24, 2.45) is 5.92 Å². The highest BCUT2D eigenvalue weighted by atomic mass is 16.6. The van der Waals surface area contributed by atoms with Gasteiger partial charge in [0, 0.05) is 0 Å². The van der Waals surface area contributed by atoms with Gasteiger partial charge in [-0.15, -0.1) is 0 Å². The number of carbonyl (C=O) groups is 4. The molecule has 0 saturated carbocycles. The highest BCUT2D eigenvalue weighted by Crippen LogP contribution is 2.09. The van der Waals surface area contributed by atoms with Crippen LogP contribution < -0.4 is 10.6 Å². The number of rotatable bonds is 6. The summed E-state index contributed by atoms with van der Waals surface area (Å²) in [7, 11) is 2.15. The van der Waals surface area contributed by atoms with Crippen molar-refractivity contribution in [3.05, 3.63) is 0 Å². The molecule has 1 atom stereocenters. The number of alkyl carbamates (subject to hydrolysis) is 1. The van der Waals surface area contributed by atoms with Gasteiger partial charge in [0.25, 0.3) is 0 Å². The minimum Gasteiger partial charge on any atom is -0.467 e. The Hall–Kier alpha value is -2.32. The maximum atomic E-state index is 12.3. The van der Waals surface area contributed by atoms with Crippen LogP contribution in [0.1, 0.15) is 34.6 Å². The van der Waals surface area contributed by atoms with E-state index in [1.165, 1.54) is 0 Å². The summed E-state index contributed by atoms with van der Waals surface area (Å²) in [5.41, 5.74) is -0.733. The van der Waals surface area contributed by atoms with Crippen molar-refractivity contribution in [2.75, 3.05) is 14.2 Å². The van der Waals surface area contributed by atoms with E-state index in [9.17, 15) is 19.2 Å². The molecule has 0 aliphatic rings. The highest BCUT2D eigenvalue weighted by Gasteiger charge is 2.34. The fraction of sp³-hybridized carbons (Fsp3) is 0.733. The molecule has 2 amide bonds. The number of amides is 2. The molecule has 0 aromatic rings. The monoisotopic (exact) mass is 346 g/mol. The smallest absolute Gasteiger partial charge is 0.408 e. The molecule has 0 fully saturated rings. The maximum Gasteiger partial charge on any atom is 0.408 e. The summed E-state index contributed by atoms with van der Waals surface area (Å²) in [6.07, 6.45) is -0.788. The number of ether oxygens (including phenoxy) is 3. The predicted octanol–water partition coefficient (Wildman–Crippen LogP) is 0.367. The van der Waals surface area contributed by atoms with Gasteiger partial charge in [-0.2, -0.15) is 0 Å². The minimum absolute atomic E-state index is 0.325. The van der Waals surface area contributed by atoms with Crippen molar-refractivity contribution in [3.8, 4) is 0 Å². The van der Waals surface area contributed by atoms with Gasteiger partial charge in [-0.25, -0.2) is 14.4 Å². The summed E-state index contributed by atoms with van der Waals surface area (Å²) in [4.78, 5) is 47.4. The molecule has 0 heterocycles. The van der Waals surface area contributed by atoms with Crippen molar-refractivity contribution >= 4 is 23.9 Å². The average molecular weight is 346 g/mol. The molecular formula is C15H26N2O7. The molecule has 0 unspecified atom stereocenters. The first-order chi connectivity index (χ1) is 10.9. The zero-order chi connectivity index (χ0) is 19.1. The summed E-state index contributed by atoms with van der Waals surface area (Å²) in [6, 6.07) is -2.63. The van der Waals surface area contributed by atoms with Gasteiger partial charge in [0.2, 0.25) is 11.9 Å². The van der Waals surface area contributed by atoms with Crippen LogP contribution in [-0.2, 0) is 28.6 Å². The number of methoxy groups -OCH3 is 2. The second kappa shape index (κ2) is 9.09. The zero-order valence-electron chi connectivity index (χ0n) is 15.1. The average Bonchev–Trinajstić information content (AvgIpc) is 2.46. The molecule has 0 aliphatic carbocycles. The molecule has 138 valence electrons. The van der Waals surface area contributed by atoms with Crippen LogP contribution >= 0.6 is 0 Å². The van der Waals surface area contributed by atoms with Crippen LogP contribution in [0.4, 0.5) is 4.79 Å². The SMILES string of the molecule is COC(=O)C(NC(=O)[C@@H](NC(=O)OC(C)(C)C)C(C)C)C(=O)OC. The topological polar surface area (TPSA) is 120 Å². The van der Waals surface area contributed by atoms with E-state index in [1.807, 2.05) is 0 Å². The summed E-state index contributed by atoms with van der Waals surface area (Å²) in [5.74, 6) is -3.02. The predicted molar refractivity (Wildman–Crippen MR) is 84.0 cm³/mol. The fourth-order valence-corrected chi connectivity index (χ4v) is 1.65. The third-order valence-corrected chi connectivity index (χ3v) is 2.78. The van der Waals surface area contributed by atoms with E-state index >= 15 is 0 Å². The van der Waals surface area contributed by atoms with Crippen LogP contribution in [0.2, 0.25) is 0 Å². The number of nitrogens with one attached hydrogen (secondary N) is 2. The summed E-state index contributed by atoms with van der Waals surface area (Å²) in [6.45, 7) is 8.42. The van der Waals surface area contributed by atoms with Crippen LogP contribution in [0.5, 0.6) is 0 Å². The van der Waals surface area contributed by atoms with Gasteiger partial charge in [0.05, 0.1) is 14.2 Å². The molecule has 0 saturated heterocycles. The molecule has 0 bridgehead atoms. The lowest BCUT2D eigenvalue weighted by atomic mass is 10.0. The van der Waals surface area contributed by atoms with Gasteiger partial charge in [-0.3, -0.25) is 4.79 Å². The van der Waals surface area contributed by atoms with E-state index in [1.54, 1.807) is 34.6 Å². The van der Waals surface area contributed by atoms with Crippen LogP contribution in [0.25, 0.3) is 0 Å². The number of carbonyl (C=O) groups excluding carboxylic acids is 4. The van der Waals surface area contributed by atoms with E-state index in [-0.39, 0.29) is 5.92 Å². The van der Waals surface area contributed by atoms with Gasteiger partial charge >= 0.3 is 18.0 Å². The standard InChI is InChI=1S/C15H26N2O7/c1-8(2)9(17-14(21)24-15(3,4)5)11(18)16-10(12(19)22-6)13(20)23-7/h8-10H,1-7H3,(H,16,18)(H,17,21)/t9-/m0/s1. The van der Waals surface area contributed by atoms with Crippen molar-refractivity contribution in [1.29, 1.82) is 0 Å². The molecule has 0 spiro atoms. The Labute approximate surface area is 141 Å². The zero-order valence-corrected chi connectivity index (χ0v) is 15.1. The van der Waals surface area contributed by atoms with Crippen LogP contribution in [0.15, 0.2) is 0 Å². The highest BCUT2D eigenvalue weighted by molar-refractivity contribution is 6.03. The Balaban J connectivity index is 5.11. The van der Waals surface area contributed by atoms with E-state index in [0.717, 1.165) is 14.2 Å². The van der Waals surface area contributed by atoms with Gasteiger partial charge < -0.3 is 24.8 Å². The van der Waals surface area contributed by atoms with E-state index in [4.69, 9.17) is 4.74 Å². The van der Waals surface area contributed by atoms with Crippen LogP contribution in [-0.4, -0.2) is 55.8 Å². The molecule has 0 aromatic carbocycles. The van der Waals surface area contributed by atoms with Gasteiger partial charge in [0.15, 0.2) is 0 Å². The first kappa shape index (κ1) is 21.7. The van der Waals surface area contributed by atoms with Crippen LogP contribution in [0, 0.1) is 5.92 Å². The Bertz CT molecular complexity index is 467. The lowest BCUT2D eigenvalue weighted by molar-refractivity contribution is -0.157. The van der Waals surface area contributed by atoms with E-state index < -0.39 is 41.6 Å². The Morgan fingerprint density at radius 2 is 1.33 bits per heavy atom. The van der Waals surface area contributed by atoms with Crippen molar-refractivity contribution in [2.45, 2.75) is 52.3 Å². The van der Waals surface area contributed by atoms with Crippen molar-refractivity contribution in [1.82, 2.24) is 10.6 Å². The number of hydrogen-bond acceptors (Lipinski definition) is 7. The number of esters is 2. The Morgan fingerprint density at radius 1 is 0.875 bits per heavy atom. The first-order valence-corrected chi connectivity index (χ1v) is 7.38. The second-order valence-electron chi connectivity index (χ2n) is 6.36. The first-order valence-electron chi connectivity index (χ1n) is 7.38. The Morgan fingerprint density at radius 3 is 1.67 bits per heavy atom. The fourth-order valence-electron chi connectivity index (χ4n) is 1.65. The molecule has 9 nitrogen and oxygen atoms in total. The van der Waals surface area contributed by atoms with Gasteiger partial charge in [0.1, 0.15) is 11.6 Å². The quantitative estimate of drug-likeness (QED) is 0.405. The van der Waals surface area contributed by atoms with Crippen LogP contribution in [0.3, 0.4) is 0 Å². The molecular weight excluding hydrogens is 320 g/mol. The second-order valence-corrected chi connectivity index (χ2v) is 6.36. The molecule has 0 radical (unpaired) electrons. The number of hydrogen-bond donors (Lipinski definition) is 2. The molecule has 0 aliphatic heterocycles. The third-order valence-electron chi connectivity index (χ3n) is 2.78. The third kappa shape index (κ3) is 7.30. The lowest BCUT2D eigenvalue weighted by Gasteiger charge is -2.26. The largest absolute Gasteiger partial charge is 0.467 e. The van der Waals surface area contributed by atoms with Crippen molar-refractivity contribution in [3.63, 3.8) is 0 Å². The maximum absolute atomic E-state index is 12.3. The molecule has 9 heteroatoms. The molecule has 24 heavy (non-hydrogen) atoms. The minimum atomic E-state index is -1.62. The molecule has 2 N–H and O–H groups in total. The summed E-state index contributed by atoms with van der Waals surface area (Å²) in [5, 5.41) is 4.62. The summed E-state index contributed by atoms with van der Waals surface area (Å²) >= 11 is 0. The van der Waals surface area contributed by atoms with Gasteiger partial charge in [-0.05, 0) is 26.7 Å². The lowest BCUT2D eigenvalue weighted by Crippen LogP contribution is -2.56. The summed E-state index contributed by atoms with van der Waals surface area (Å²) < 4.78 is 14.0. The van der Waals surface area contributed by atoms with Crippen molar-refractivity contribution < 1.29 is 33.4 Å². The molecule has 0 aromatic heterocycles. The van der Waals surface area contributed by atoms with E-state index in [0.29, 0.717) is 0 Å².